The summed E-state index contributed by atoms with van der Waals surface area (Å²) in [5.74, 6) is -0.326. The Labute approximate surface area is 217 Å². The average Bonchev–Trinajstić information content (AvgIpc) is 3.53. The van der Waals surface area contributed by atoms with Crippen molar-refractivity contribution < 1.29 is 19.8 Å². The van der Waals surface area contributed by atoms with Crippen LogP contribution in [0.4, 0.5) is 0 Å². The van der Waals surface area contributed by atoms with E-state index < -0.39 is 24.4 Å². The van der Waals surface area contributed by atoms with Crippen LogP contribution < -0.4 is 10.6 Å². The molecule has 0 radical (unpaired) electrons. The lowest BCUT2D eigenvalue weighted by atomic mass is 10.1. The number of hydrogen-bond acceptors (Lipinski definition) is 8. The van der Waals surface area contributed by atoms with Crippen LogP contribution in [0.2, 0.25) is 0 Å². The van der Waals surface area contributed by atoms with Crippen LogP contribution in [0.5, 0.6) is 0 Å². The normalized spacial score (nSPS) is 19.7. The van der Waals surface area contributed by atoms with Gasteiger partial charge in [-0.2, -0.15) is 0 Å². The number of nitrogens with zero attached hydrogens (tertiary/aromatic N) is 3. The van der Waals surface area contributed by atoms with Gasteiger partial charge in [-0.15, -0.1) is 11.3 Å². The molecule has 1 aliphatic rings. The highest BCUT2D eigenvalue weighted by molar-refractivity contribution is 7.13. The summed E-state index contributed by atoms with van der Waals surface area (Å²) in [6.45, 7) is 5.06. The van der Waals surface area contributed by atoms with Gasteiger partial charge in [0.05, 0.1) is 34.3 Å². The average molecular weight is 518 g/mol. The van der Waals surface area contributed by atoms with Gasteiger partial charge < -0.3 is 25.7 Å². The van der Waals surface area contributed by atoms with Gasteiger partial charge in [0.1, 0.15) is 6.23 Å². The van der Waals surface area contributed by atoms with E-state index in [1.54, 1.807) is 35.2 Å². The number of amides is 2. The molecule has 1 aromatic heterocycles. The van der Waals surface area contributed by atoms with Crippen molar-refractivity contribution >= 4 is 23.2 Å². The summed E-state index contributed by atoms with van der Waals surface area (Å²) in [5.41, 5.74) is 5.01. The first kappa shape index (κ1) is 28.2. The molecule has 0 bridgehead atoms. The smallest absolute Gasteiger partial charge is 0.237 e. The topological polar surface area (TPSA) is 118 Å². The van der Waals surface area contributed by atoms with Gasteiger partial charge in [-0.25, -0.2) is 4.98 Å². The molecule has 1 unspecified atom stereocenters. The van der Waals surface area contributed by atoms with E-state index in [1.165, 1.54) is 0 Å². The van der Waals surface area contributed by atoms with E-state index in [4.69, 9.17) is 0 Å². The van der Waals surface area contributed by atoms with Crippen molar-refractivity contribution in [1.29, 1.82) is 0 Å². The monoisotopic (exact) mass is 517 g/mol. The minimum absolute atomic E-state index is 0.0798. The van der Waals surface area contributed by atoms with Gasteiger partial charge in [-0.1, -0.05) is 38.1 Å². The summed E-state index contributed by atoms with van der Waals surface area (Å²) in [6.07, 6.45) is 0.189. The van der Waals surface area contributed by atoms with E-state index >= 15 is 0 Å². The van der Waals surface area contributed by atoms with Crippen molar-refractivity contribution in [3.8, 4) is 10.4 Å². The van der Waals surface area contributed by atoms with Crippen molar-refractivity contribution in [1.82, 2.24) is 25.4 Å². The molecule has 1 aromatic carbocycles. The van der Waals surface area contributed by atoms with E-state index in [9.17, 15) is 19.8 Å². The lowest BCUT2D eigenvalue weighted by Crippen LogP contribution is -2.56. The third kappa shape index (κ3) is 6.68. The molecule has 9 nitrogen and oxygen atoms in total. The number of β-amino-alcohol motifs (C(OH)–C–C–N with tert-alkyl or cyclic N) is 1. The van der Waals surface area contributed by atoms with Gasteiger partial charge in [0, 0.05) is 33.1 Å². The molecule has 2 amide bonds. The maximum atomic E-state index is 13.1. The summed E-state index contributed by atoms with van der Waals surface area (Å²) >= 11 is 1.62. The molecule has 0 saturated carbocycles. The van der Waals surface area contributed by atoms with Gasteiger partial charge >= 0.3 is 0 Å². The molecule has 4 N–H and O–H groups in total. The highest BCUT2D eigenvalue weighted by Crippen LogP contribution is 2.28. The number of benzene rings is 1. The van der Waals surface area contributed by atoms with Crippen LogP contribution in [-0.2, 0) is 22.6 Å². The summed E-state index contributed by atoms with van der Waals surface area (Å²) in [4.78, 5) is 34.4. The molecule has 0 spiro atoms. The number of carbonyl (C=O) groups is 2. The lowest BCUT2D eigenvalue weighted by molar-refractivity contribution is -0.142. The molecule has 2 aromatic rings. The third-order valence-electron chi connectivity index (χ3n) is 6.86. The molecule has 1 aliphatic heterocycles. The number of aliphatic hydroxyl groups is 2. The zero-order chi connectivity index (χ0) is 26.2. The van der Waals surface area contributed by atoms with Gasteiger partial charge in [0.25, 0.3) is 0 Å². The highest BCUT2D eigenvalue weighted by Gasteiger charge is 2.42. The molecule has 4 atom stereocenters. The second-order valence-electron chi connectivity index (χ2n) is 9.25. The summed E-state index contributed by atoms with van der Waals surface area (Å²) in [5, 5.41) is 27.4. The number of likely N-dealkylation sites (N-methyl/N-ethyl adjacent to an activating group) is 1. The van der Waals surface area contributed by atoms with E-state index in [1.807, 2.05) is 36.7 Å². The second kappa shape index (κ2) is 13.3. The number of aryl methyl sites for hydroxylation is 1. The first-order chi connectivity index (χ1) is 17.3. The van der Waals surface area contributed by atoms with Crippen LogP contribution in [0, 0.1) is 0 Å². The van der Waals surface area contributed by atoms with Crippen LogP contribution in [0.3, 0.4) is 0 Å². The molecule has 0 aliphatic carbocycles. The molecule has 1 saturated heterocycles. The standard InChI is InChI=1S/C26H39N5O4S/c1-5-20-24(36-16-29-20)18-9-7-17(8-10-18)14-28-25(34)22-13-19(32)15-31(22)26(35)21(6-2)30(4)23(33)11-12-27-3/h7-10,16,19,21-22,26-27,32,35H,5-6,11-15H2,1-4H3,(H,28,34)/t19-,21+,22+,26?/m1/s1. The van der Waals surface area contributed by atoms with Crippen LogP contribution in [0.15, 0.2) is 29.8 Å². The number of nitrogens with one attached hydrogen (secondary N) is 2. The first-order valence-electron chi connectivity index (χ1n) is 12.6. The molecule has 1 fully saturated rings. The van der Waals surface area contributed by atoms with Gasteiger partial charge in [-0.05, 0) is 37.4 Å². The first-order valence-corrected chi connectivity index (χ1v) is 13.5. The Morgan fingerprint density at radius 3 is 2.64 bits per heavy atom. The SMILES string of the molecule is CCc1ncsc1-c1ccc(CNC(=O)[C@@H]2C[C@@H](O)CN2C(O)[C@H](CC)N(C)C(=O)CCNC)cc1. The lowest BCUT2D eigenvalue weighted by Gasteiger charge is -2.38. The number of thiazole rings is 1. The van der Waals surface area contributed by atoms with E-state index in [0.29, 0.717) is 25.9 Å². The minimum atomic E-state index is -1.06. The van der Waals surface area contributed by atoms with Crippen LogP contribution in [-0.4, -0.2) is 88.4 Å². The Bertz CT molecular complexity index is 998. The van der Waals surface area contributed by atoms with Gasteiger partial charge in [-0.3, -0.25) is 14.5 Å². The van der Waals surface area contributed by atoms with Crippen molar-refractivity contribution in [2.45, 2.75) is 70.5 Å². The third-order valence-corrected chi connectivity index (χ3v) is 7.78. The fourth-order valence-electron chi connectivity index (χ4n) is 4.72. The number of hydrogen-bond donors (Lipinski definition) is 4. The number of rotatable bonds is 12. The molecule has 36 heavy (non-hydrogen) atoms. The maximum Gasteiger partial charge on any atom is 0.237 e. The van der Waals surface area contributed by atoms with Crippen molar-refractivity contribution in [3.63, 3.8) is 0 Å². The van der Waals surface area contributed by atoms with Crippen molar-refractivity contribution in [2.75, 3.05) is 27.2 Å². The molecule has 3 rings (SSSR count). The van der Waals surface area contributed by atoms with Gasteiger partial charge in [0.2, 0.25) is 11.8 Å². The number of aromatic nitrogens is 1. The van der Waals surface area contributed by atoms with Crippen LogP contribution in [0.25, 0.3) is 10.4 Å². The fraction of sp³-hybridized carbons (Fsp3) is 0.577. The Hall–Kier alpha value is -2.37. The summed E-state index contributed by atoms with van der Waals surface area (Å²) < 4.78 is 0. The van der Waals surface area contributed by atoms with Crippen molar-refractivity contribution in [2.24, 2.45) is 0 Å². The predicted octanol–water partition coefficient (Wildman–Crippen LogP) is 1.59. The Morgan fingerprint density at radius 2 is 2.00 bits per heavy atom. The maximum absolute atomic E-state index is 13.1. The summed E-state index contributed by atoms with van der Waals surface area (Å²) in [7, 11) is 3.46. The molecule has 10 heteroatoms. The number of likely N-dealkylation sites (tertiary alicyclic amines) is 1. The minimum Gasteiger partial charge on any atom is -0.392 e. The molecule has 2 heterocycles. The Balaban J connectivity index is 1.63. The molecular formula is C26H39N5O4S. The highest BCUT2D eigenvalue weighted by atomic mass is 32.1. The number of carbonyl (C=O) groups excluding carboxylic acids is 2. The van der Waals surface area contributed by atoms with Crippen molar-refractivity contribution in [3.05, 3.63) is 41.0 Å². The van der Waals surface area contributed by atoms with E-state index in [0.717, 1.165) is 28.1 Å². The second-order valence-corrected chi connectivity index (χ2v) is 10.1. The molecular weight excluding hydrogens is 478 g/mol. The predicted molar refractivity (Wildman–Crippen MR) is 141 cm³/mol. The number of aliphatic hydroxyl groups excluding tert-OH is 2. The Kier molecular flexibility index (Phi) is 10.4. The van der Waals surface area contributed by atoms with E-state index in [2.05, 4.69) is 22.5 Å². The fourth-order valence-corrected chi connectivity index (χ4v) is 5.61. The van der Waals surface area contributed by atoms with Crippen LogP contribution in [0.1, 0.15) is 44.4 Å². The van der Waals surface area contributed by atoms with Gasteiger partial charge in [0.15, 0.2) is 0 Å². The Morgan fingerprint density at radius 1 is 1.28 bits per heavy atom. The summed E-state index contributed by atoms with van der Waals surface area (Å²) in [6, 6.07) is 6.90. The largest absolute Gasteiger partial charge is 0.392 e. The zero-order valence-electron chi connectivity index (χ0n) is 21.6. The quantitative estimate of drug-likeness (QED) is 0.338. The molecule has 198 valence electrons. The van der Waals surface area contributed by atoms with Crippen LogP contribution >= 0.6 is 11.3 Å². The van der Waals surface area contributed by atoms with E-state index in [-0.39, 0.29) is 24.8 Å². The zero-order valence-corrected chi connectivity index (χ0v) is 22.4.